The molecule has 110 valence electrons. The van der Waals surface area contributed by atoms with Gasteiger partial charge in [0.2, 0.25) is 5.91 Å². The summed E-state index contributed by atoms with van der Waals surface area (Å²) in [5, 5.41) is 14.1. The predicted octanol–water partition coefficient (Wildman–Crippen LogP) is 0.822. The number of nitrogens with one attached hydrogen (secondary N) is 1. The number of carboxylic acids is 1. The highest BCUT2D eigenvalue weighted by Crippen LogP contribution is 2.48. The Morgan fingerprint density at radius 1 is 1.14 bits per heavy atom. The molecule has 5 heteroatoms. The van der Waals surface area contributed by atoms with Crippen LogP contribution in [-0.4, -0.2) is 19.0 Å². The first kappa shape index (κ1) is 13.7. The van der Waals surface area contributed by atoms with E-state index in [1.165, 1.54) is 0 Å². The van der Waals surface area contributed by atoms with E-state index >= 15 is 0 Å². The maximum absolute atomic E-state index is 12.4. The zero-order chi connectivity index (χ0) is 15.0. The number of carboxylic acid groups (broad SMARTS) is 1. The molecule has 2 bridgehead atoms. The SMILES string of the molecule is COc1ccc(NC(=O)[C@H]2[C@H](C(=O)[O-])[C@@H]3C=C[C@@H]2C3)cc1. The van der Waals surface area contributed by atoms with Crippen molar-refractivity contribution >= 4 is 17.6 Å². The summed E-state index contributed by atoms with van der Waals surface area (Å²) in [6, 6.07) is 6.95. The second kappa shape index (κ2) is 5.24. The van der Waals surface area contributed by atoms with Gasteiger partial charge in [-0.2, -0.15) is 0 Å². The van der Waals surface area contributed by atoms with Crippen molar-refractivity contribution in [2.24, 2.45) is 23.7 Å². The van der Waals surface area contributed by atoms with Crippen molar-refractivity contribution in [1.82, 2.24) is 0 Å². The summed E-state index contributed by atoms with van der Waals surface area (Å²) in [5.74, 6) is -2.05. The van der Waals surface area contributed by atoms with E-state index in [2.05, 4.69) is 5.32 Å². The smallest absolute Gasteiger partial charge is 0.228 e. The topological polar surface area (TPSA) is 78.5 Å². The lowest BCUT2D eigenvalue weighted by Crippen LogP contribution is -2.42. The lowest BCUT2D eigenvalue weighted by atomic mass is 9.82. The normalized spacial score (nSPS) is 29.4. The number of benzene rings is 1. The van der Waals surface area contributed by atoms with Gasteiger partial charge in [0.25, 0.3) is 0 Å². The van der Waals surface area contributed by atoms with Gasteiger partial charge >= 0.3 is 0 Å². The summed E-state index contributed by atoms with van der Waals surface area (Å²) in [7, 11) is 1.57. The minimum Gasteiger partial charge on any atom is -0.550 e. The van der Waals surface area contributed by atoms with Crippen LogP contribution in [0.25, 0.3) is 0 Å². The summed E-state index contributed by atoms with van der Waals surface area (Å²) in [4.78, 5) is 23.7. The molecule has 4 atom stereocenters. The molecular weight excluding hydrogens is 270 g/mol. The molecule has 0 unspecified atom stereocenters. The summed E-state index contributed by atoms with van der Waals surface area (Å²) in [6.45, 7) is 0. The molecule has 1 amide bonds. The molecular formula is C16H16NO4-. The highest BCUT2D eigenvalue weighted by molar-refractivity contribution is 5.96. The van der Waals surface area contributed by atoms with Gasteiger partial charge in [0.1, 0.15) is 5.75 Å². The minimum absolute atomic E-state index is 0.00357. The molecule has 0 saturated heterocycles. The minimum atomic E-state index is -1.14. The summed E-state index contributed by atoms with van der Waals surface area (Å²) >= 11 is 0. The van der Waals surface area contributed by atoms with Gasteiger partial charge in [0.15, 0.2) is 0 Å². The number of hydrogen-bond acceptors (Lipinski definition) is 4. The fourth-order valence-electron chi connectivity index (χ4n) is 3.40. The number of carbonyl (C=O) groups excluding carboxylic acids is 2. The van der Waals surface area contributed by atoms with Crippen LogP contribution < -0.4 is 15.2 Å². The van der Waals surface area contributed by atoms with E-state index in [1.807, 2.05) is 12.2 Å². The monoisotopic (exact) mass is 286 g/mol. The molecule has 0 heterocycles. The highest BCUT2D eigenvalue weighted by Gasteiger charge is 2.48. The number of hydrogen-bond donors (Lipinski definition) is 1. The Kier molecular flexibility index (Phi) is 3.41. The van der Waals surface area contributed by atoms with Crippen molar-refractivity contribution < 1.29 is 19.4 Å². The van der Waals surface area contributed by atoms with Crippen molar-refractivity contribution in [2.45, 2.75) is 6.42 Å². The van der Waals surface area contributed by atoms with E-state index in [0.29, 0.717) is 11.4 Å². The molecule has 0 aromatic heterocycles. The Morgan fingerprint density at radius 2 is 1.76 bits per heavy atom. The summed E-state index contributed by atoms with van der Waals surface area (Å²) < 4.78 is 5.05. The van der Waals surface area contributed by atoms with Gasteiger partial charge in [-0.1, -0.05) is 12.2 Å². The number of amides is 1. The first-order chi connectivity index (χ1) is 10.1. The maximum Gasteiger partial charge on any atom is 0.228 e. The first-order valence-electron chi connectivity index (χ1n) is 6.94. The Hall–Kier alpha value is -2.30. The molecule has 1 aromatic rings. The molecule has 0 aliphatic heterocycles. The van der Waals surface area contributed by atoms with E-state index in [0.717, 1.165) is 6.42 Å². The third kappa shape index (κ3) is 2.39. The number of ether oxygens (including phenoxy) is 1. The van der Waals surface area contributed by atoms with Gasteiger partial charge < -0.3 is 20.0 Å². The van der Waals surface area contributed by atoms with Gasteiger partial charge in [0, 0.05) is 17.6 Å². The number of fused-ring (bicyclic) bond motifs is 2. The molecule has 1 saturated carbocycles. The fraction of sp³-hybridized carbons (Fsp3) is 0.375. The molecule has 0 radical (unpaired) electrons. The highest BCUT2D eigenvalue weighted by atomic mass is 16.5. The summed E-state index contributed by atoms with van der Waals surface area (Å²) in [6.07, 6.45) is 4.56. The molecule has 5 nitrogen and oxygen atoms in total. The quantitative estimate of drug-likeness (QED) is 0.831. The van der Waals surface area contributed by atoms with Crippen molar-refractivity contribution in [1.29, 1.82) is 0 Å². The zero-order valence-corrected chi connectivity index (χ0v) is 11.6. The zero-order valence-electron chi connectivity index (χ0n) is 11.6. The lowest BCUT2D eigenvalue weighted by molar-refractivity contribution is -0.313. The van der Waals surface area contributed by atoms with Crippen LogP contribution in [0.3, 0.4) is 0 Å². The third-order valence-corrected chi connectivity index (χ3v) is 4.39. The van der Waals surface area contributed by atoms with Crippen molar-refractivity contribution in [3.63, 3.8) is 0 Å². The van der Waals surface area contributed by atoms with Gasteiger partial charge in [-0.05, 0) is 42.5 Å². The molecule has 2 aliphatic carbocycles. The van der Waals surface area contributed by atoms with E-state index < -0.39 is 17.8 Å². The van der Waals surface area contributed by atoms with Crippen molar-refractivity contribution in [2.75, 3.05) is 12.4 Å². The first-order valence-corrected chi connectivity index (χ1v) is 6.94. The lowest BCUT2D eigenvalue weighted by Gasteiger charge is -2.27. The van der Waals surface area contributed by atoms with Gasteiger partial charge in [0.05, 0.1) is 13.0 Å². The van der Waals surface area contributed by atoms with Crippen LogP contribution >= 0.6 is 0 Å². The molecule has 1 aromatic carbocycles. The largest absolute Gasteiger partial charge is 0.550 e. The van der Waals surface area contributed by atoms with Gasteiger partial charge in [-0.15, -0.1) is 0 Å². The van der Waals surface area contributed by atoms with E-state index in [9.17, 15) is 14.7 Å². The van der Waals surface area contributed by atoms with Crippen LogP contribution in [0, 0.1) is 23.7 Å². The molecule has 1 N–H and O–H groups in total. The Labute approximate surface area is 122 Å². The fourth-order valence-corrected chi connectivity index (χ4v) is 3.40. The number of rotatable bonds is 4. The van der Waals surface area contributed by atoms with Crippen molar-refractivity contribution in [3.8, 4) is 5.75 Å². The number of methoxy groups -OCH3 is 1. The number of allylic oxidation sites excluding steroid dienone is 2. The predicted molar refractivity (Wildman–Crippen MR) is 74.3 cm³/mol. The molecule has 2 aliphatic rings. The van der Waals surface area contributed by atoms with E-state index in [4.69, 9.17) is 4.74 Å². The van der Waals surface area contributed by atoms with E-state index in [-0.39, 0.29) is 17.7 Å². The third-order valence-electron chi connectivity index (χ3n) is 4.39. The van der Waals surface area contributed by atoms with Crippen LogP contribution in [0.5, 0.6) is 5.75 Å². The molecule has 0 spiro atoms. The molecule has 1 fully saturated rings. The van der Waals surface area contributed by atoms with Crippen LogP contribution in [0.1, 0.15) is 6.42 Å². The average Bonchev–Trinajstić information content (AvgIpc) is 3.08. The number of aliphatic carboxylic acids is 1. The van der Waals surface area contributed by atoms with Crippen molar-refractivity contribution in [3.05, 3.63) is 36.4 Å². The van der Waals surface area contributed by atoms with Crippen LogP contribution in [0.2, 0.25) is 0 Å². The van der Waals surface area contributed by atoms with E-state index in [1.54, 1.807) is 31.4 Å². The van der Waals surface area contributed by atoms with Crippen LogP contribution in [0.4, 0.5) is 5.69 Å². The maximum atomic E-state index is 12.4. The molecule has 3 rings (SSSR count). The van der Waals surface area contributed by atoms with Gasteiger partial charge in [-0.3, -0.25) is 4.79 Å². The Balaban J connectivity index is 1.75. The second-order valence-electron chi connectivity index (χ2n) is 5.54. The van der Waals surface area contributed by atoms with Crippen LogP contribution in [-0.2, 0) is 9.59 Å². The Bertz CT molecular complexity index is 593. The number of anilines is 1. The molecule has 21 heavy (non-hydrogen) atoms. The van der Waals surface area contributed by atoms with Gasteiger partial charge in [-0.25, -0.2) is 0 Å². The Morgan fingerprint density at radius 3 is 2.33 bits per heavy atom. The number of carbonyl (C=O) groups is 2. The average molecular weight is 286 g/mol. The summed E-state index contributed by atoms with van der Waals surface area (Å²) in [5.41, 5.74) is 0.629. The van der Waals surface area contributed by atoms with Crippen LogP contribution in [0.15, 0.2) is 36.4 Å². The standard InChI is InChI=1S/C16H17NO4/c1-21-12-6-4-11(5-7-12)17-15(18)13-9-2-3-10(8-9)14(13)16(19)20/h2-7,9-10,13-14H,8H2,1H3,(H,17,18)(H,19,20)/p-1/t9-,10-,13-,14-/m1/s1. The second-order valence-corrected chi connectivity index (χ2v) is 5.54.